The van der Waals surface area contributed by atoms with Gasteiger partial charge in [-0.3, -0.25) is 4.90 Å². The number of β-amino-alcohol motifs (C(OH)–C–C–N with tert-alkyl or cyclic N) is 1. The van der Waals surface area contributed by atoms with Crippen molar-refractivity contribution in [2.75, 3.05) is 44.3 Å². The molecule has 0 saturated carbocycles. The maximum absolute atomic E-state index is 13.6. The van der Waals surface area contributed by atoms with Gasteiger partial charge in [0.2, 0.25) is 0 Å². The van der Waals surface area contributed by atoms with Gasteiger partial charge in [-0.25, -0.2) is 4.39 Å². The van der Waals surface area contributed by atoms with Crippen molar-refractivity contribution in [3.8, 4) is 11.8 Å². The number of aliphatic hydroxyl groups is 2. The number of halogens is 2. The quantitative estimate of drug-likeness (QED) is 0.484. The summed E-state index contributed by atoms with van der Waals surface area (Å²) >= 11 is 6.62. The van der Waals surface area contributed by atoms with Crippen LogP contribution in [0.2, 0.25) is 5.02 Å². The molecule has 1 saturated heterocycles. The van der Waals surface area contributed by atoms with Gasteiger partial charge in [0.25, 0.3) is 0 Å². The SMILES string of the molecule is N#Cc1ccc([C@H](O)CN2CCN(c3ccc(OCCO)cc3Cl)[C@H](c3ccc(F)cc3)C2)cc1. The van der Waals surface area contributed by atoms with Crippen LogP contribution in [0.25, 0.3) is 0 Å². The third-order valence-corrected chi connectivity index (χ3v) is 6.47. The van der Waals surface area contributed by atoms with Crippen LogP contribution in [0.5, 0.6) is 5.75 Å². The van der Waals surface area contributed by atoms with Crippen LogP contribution in [0, 0.1) is 17.1 Å². The first-order valence-electron chi connectivity index (χ1n) is 11.4. The van der Waals surface area contributed by atoms with Crippen molar-refractivity contribution >= 4 is 17.3 Å². The topological polar surface area (TPSA) is 80.0 Å². The maximum Gasteiger partial charge on any atom is 0.123 e. The lowest BCUT2D eigenvalue weighted by molar-refractivity contribution is 0.100. The molecule has 35 heavy (non-hydrogen) atoms. The summed E-state index contributed by atoms with van der Waals surface area (Å²) < 4.78 is 19.1. The summed E-state index contributed by atoms with van der Waals surface area (Å²) in [6, 6.07) is 20.8. The molecule has 0 aromatic heterocycles. The number of hydrogen-bond acceptors (Lipinski definition) is 6. The number of benzene rings is 3. The van der Waals surface area contributed by atoms with Gasteiger partial charge in [0.1, 0.15) is 18.2 Å². The van der Waals surface area contributed by atoms with E-state index in [2.05, 4.69) is 15.9 Å². The lowest BCUT2D eigenvalue weighted by Crippen LogP contribution is -2.49. The number of nitrogens with zero attached hydrogens (tertiary/aromatic N) is 3. The molecule has 0 amide bonds. The van der Waals surface area contributed by atoms with Gasteiger partial charge in [-0.2, -0.15) is 5.26 Å². The molecule has 0 radical (unpaired) electrons. The molecule has 8 heteroatoms. The van der Waals surface area contributed by atoms with E-state index in [0.29, 0.717) is 42.5 Å². The lowest BCUT2D eigenvalue weighted by atomic mass is 10.00. The molecular weight excluding hydrogens is 469 g/mol. The summed E-state index contributed by atoms with van der Waals surface area (Å²) in [5, 5.41) is 29.3. The molecule has 182 valence electrons. The Morgan fingerprint density at radius 1 is 1.09 bits per heavy atom. The number of rotatable bonds is 8. The molecule has 6 nitrogen and oxygen atoms in total. The van der Waals surface area contributed by atoms with E-state index < -0.39 is 6.10 Å². The van der Waals surface area contributed by atoms with E-state index in [4.69, 9.17) is 26.7 Å². The van der Waals surface area contributed by atoms with E-state index in [0.717, 1.165) is 16.8 Å². The monoisotopic (exact) mass is 495 g/mol. The third-order valence-electron chi connectivity index (χ3n) is 6.16. The van der Waals surface area contributed by atoms with Gasteiger partial charge in [0.05, 0.1) is 41.1 Å². The highest BCUT2D eigenvalue weighted by molar-refractivity contribution is 6.33. The Hall–Kier alpha value is -3.15. The molecule has 1 heterocycles. The van der Waals surface area contributed by atoms with E-state index >= 15 is 0 Å². The predicted octanol–water partition coefficient (Wildman–Crippen LogP) is 4.32. The summed E-state index contributed by atoms with van der Waals surface area (Å²) in [6.45, 7) is 2.50. The number of nitriles is 1. The fourth-order valence-electron chi connectivity index (χ4n) is 4.37. The van der Waals surface area contributed by atoms with Crippen molar-refractivity contribution in [2.45, 2.75) is 12.1 Å². The van der Waals surface area contributed by atoms with Crippen LogP contribution in [0.1, 0.15) is 28.8 Å². The predicted molar refractivity (Wildman–Crippen MR) is 133 cm³/mol. The molecular formula is C27H27ClFN3O3. The summed E-state index contributed by atoms with van der Waals surface area (Å²) in [7, 11) is 0. The number of hydrogen-bond donors (Lipinski definition) is 2. The van der Waals surface area contributed by atoms with Crippen LogP contribution in [0.15, 0.2) is 66.7 Å². The number of anilines is 1. The third kappa shape index (κ3) is 6.11. The zero-order chi connectivity index (χ0) is 24.8. The van der Waals surface area contributed by atoms with Gasteiger partial charge >= 0.3 is 0 Å². The molecule has 0 aliphatic carbocycles. The molecule has 1 aliphatic heterocycles. The molecule has 3 aromatic carbocycles. The van der Waals surface area contributed by atoms with Crippen molar-refractivity contribution < 1.29 is 19.3 Å². The fourth-order valence-corrected chi connectivity index (χ4v) is 4.65. The normalized spacial score (nSPS) is 17.1. The Balaban J connectivity index is 1.55. The van der Waals surface area contributed by atoms with Crippen LogP contribution in [0.4, 0.5) is 10.1 Å². The maximum atomic E-state index is 13.6. The Labute approximate surface area is 209 Å². The summed E-state index contributed by atoms with van der Waals surface area (Å²) in [5.41, 5.74) is 3.09. The van der Waals surface area contributed by atoms with E-state index in [-0.39, 0.29) is 25.1 Å². The van der Waals surface area contributed by atoms with E-state index in [1.165, 1.54) is 12.1 Å². The molecule has 0 unspecified atom stereocenters. The van der Waals surface area contributed by atoms with Gasteiger partial charge < -0.3 is 19.8 Å². The lowest BCUT2D eigenvalue weighted by Gasteiger charge is -2.44. The van der Waals surface area contributed by atoms with E-state index in [1.54, 1.807) is 42.5 Å². The molecule has 3 aromatic rings. The first-order valence-corrected chi connectivity index (χ1v) is 11.8. The van der Waals surface area contributed by atoms with Crippen LogP contribution in [-0.4, -0.2) is 54.5 Å². The van der Waals surface area contributed by atoms with Crippen molar-refractivity contribution in [1.29, 1.82) is 5.26 Å². The van der Waals surface area contributed by atoms with Gasteiger partial charge in [-0.1, -0.05) is 35.9 Å². The van der Waals surface area contributed by atoms with E-state index in [1.807, 2.05) is 12.1 Å². The zero-order valence-corrected chi connectivity index (χ0v) is 19.9. The molecule has 4 rings (SSSR count). The minimum absolute atomic E-state index is 0.0811. The van der Waals surface area contributed by atoms with Crippen molar-refractivity contribution in [1.82, 2.24) is 4.90 Å². The molecule has 1 fully saturated rings. The molecule has 1 aliphatic rings. The van der Waals surface area contributed by atoms with Gasteiger partial charge in [0.15, 0.2) is 0 Å². The minimum atomic E-state index is -0.699. The number of piperazine rings is 1. The molecule has 0 spiro atoms. The summed E-state index contributed by atoms with van der Waals surface area (Å²) in [4.78, 5) is 4.37. The smallest absolute Gasteiger partial charge is 0.123 e. The van der Waals surface area contributed by atoms with E-state index in [9.17, 15) is 9.50 Å². The number of aliphatic hydroxyl groups excluding tert-OH is 2. The second kappa shape index (κ2) is 11.5. The van der Waals surface area contributed by atoms with Gasteiger partial charge in [-0.15, -0.1) is 0 Å². The standard InChI is InChI=1S/C27H27ClFN3O3/c28-24-15-23(35-14-13-33)9-10-25(24)32-12-11-31(17-26(32)20-5-7-22(29)8-6-20)18-27(34)21-3-1-19(16-30)2-4-21/h1-10,15,26-27,33-34H,11-14,17-18H2/t26-,27+/m0/s1. The van der Waals surface area contributed by atoms with Gasteiger partial charge in [0, 0.05) is 32.2 Å². The van der Waals surface area contributed by atoms with Crippen molar-refractivity contribution in [2.24, 2.45) is 0 Å². The Morgan fingerprint density at radius 2 is 1.83 bits per heavy atom. The highest BCUT2D eigenvalue weighted by atomic mass is 35.5. The zero-order valence-electron chi connectivity index (χ0n) is 19.1. The minimum Gasteiger partial charge on any atom is -0.491 e. The first kappa shape index (κ1) is 25.0. The second-order valence-corrected chi connectivity index (χ2v) is 8.86. The highest BCUT2D eigenvalue weighted by Crippen LogP contribution is 2.37. The summed E-state index contributed by atoms with van der Waals surface area (Å²) in [5.74, 6) is 0.280. The highest BCUT2D eigenvalue weighted by Gasteiger charge is 2.31. The van der Waals surface area contributed by atoms with Crippen LogP contribution in [0.3, 0.4) is 0 Å². The van der Waals surface area contributed by atoms with Crippen LogP contribution >= 0.6 is 11.6 Å². The Kier molecular flexibility index (Phi) is 8.21. The van der Waals surface area contributed by atoms with Gasteiger partial charge in [-0.05, 0) is 47.5 Å². The Bertz CT molecular complexity index is 1170. The average Bonchev–Trinajstić information content (AvgIpc) is 2.88. The Morgan fingerprint density at radius 3 is 2.49 bits per heavy atom. The largest absolute Gasteiger partial charge is 0.491 e. The second-order valence-electron chi connectivity index (χ2n) is 8.46. The van der Waals surface area contributed by atoms with Crippen LogP contribution in [-0.2, 0) is 0 Å². The average molecular weight is 496 g/mol. The fraction of sp³-hybridized carbons (Fsp3) is 0.296. The van der Waals surface area contributed by atoms with Crippen LogP contribution < -0.4 is 9.64 Å². The number of ether oxygens (including phenoxy) is 1. The summed E-state index contributed by atoms with van der Waals surface area (Å²) in [6.07, 6.45) is -0.699. The molecule has 2 atom stereocenters. The van der Waals surface area contributed by atoms with Crippen molar-refractivity contribution in [3.05, 3.63) is 94.3 Å². The first-order chi connectivity index (χ1) is 17.0. The molecule has 2 N–H and O–H groups in total. The van der Waals surface area contributed by atoms with Crippen molar-refractivity contribution in [3.63, 3.8) is 0 Å². The molecule has 0 bridgehead atoms.